The summed E-state index contributed by atoms with van der Waals surface area (Å²) < 4.78 is 16.8. The van der Waals surface area contributed by atoms with E-state index in [2.05, 4.69) is 118 Å². The van der Waals surface area contributed by atoms with Crippen LogP contribution in [0.4, 0.5) is 0 Å². The van der Waals surface area contributed by atoms with Crippen molar-refractivity contribution in [2.75, 3.05) is 13.2 Å². The van der Waals surface area contributed by atoms with E-state index in [-0.39, 0.29) is 31.1 Å². The molecular formula is C63H106O6. The zero-order chi connectivity index (χ0) is 50.0. The van der Waals surface area contributed by atoms with Crippen LogP contribution in [0.3, 0.4) is 0 Å². The number of hydrogen-bond acceptors (Lipinski definition) is 6. The van der Waals surface area contributed by atoms with Crippen LogP contribution < -0.4 is 0 Å². The summed E-state index contributed by atoms with van der Waals surface area (Å²) in [7, 11) is 0. The van der Waals surface area contributed by atoms with Gasteiger partial charge in [0.05, 0.1) is 0 Å². The number of carbonyl (C=O) groups excluding carboxylic acids is 3. The zero-order valence-corrected chi connectivity index (χ0v) is 45.0. The van der Waals surface area contributed by atoms with Gasteiger partial charge in [-0.15, -0.1) is 0 Å². The first kappa shape index (κ1) is 65.3. The summed E-state index contributed by atoms with van der Waals surface area (Å²) in [5.41, 5.74) is 0. The molecule has 0 heterocycles. The second-order valence-corrected chi connectivity index (χ2v) is 18.8. The third kappa shape index (κ3) is 55.1. The molecule has 0 aromatic heterocycles. The molecule has 0 aliphatic carbocycles. The van der Waals surface area contributed by atoms with E-state index in [0.717, 1.165) is 128 Å². The molecule has 0 aliphatic rings. The molecule has 0 fully saturated rings. The fourth-order valence-electron chi connectivity index (χ4n) is 7.73. The molecule has 0 spiro atoms. The summed E-state index contributed by atoms with van der Waals surface area (Å²) in [4.78, 5) is 38.1. The van der Waals surface area contributed by atoms with E-state index in [9.17, 15) is 14.4 Å². The largest absolute Gasteiger partial charge is 0.462 e. The van der Waals surface area contributed by atoms with Gasteiger partial charge in [-0.05, 0) is 122 Å². The van der Waals surface area contributed by atoms with Gasteiger partial charge in [-0.25, -0.2) is 0 Å². The third-order valence-electron chi connectivity index (χ3n) is 12.0. The molecule has 0 saturated heterocycles. The smallest absolute Gasteiger partial charge is 0.306 e. The Morgan fingerprint density at radius 1 is 0.304 bits per heavy atom. The first-order chi connectivity index (χ1) is 34.0. The van der Waals surface area contributed by atoms with Gasteiger partial charge in [-0.1, -0.05) is 221 Å². The van der Waals surface area contributed by atoms with Crippen LogP contribution in [0.15, 0.2) is 97.2 Å². The summed E-state index contributed by atoms with van der Waals surface area (Å²) in [5.74, 6) is -0.920. The Balaban J connectivity index is 4.36. The lowest BCUT2D eigenvalue weighted by atomic mass is 10.1. The molecule has 0 radical (unpaired) electrons. The van der Waals surface area contributed by atoms with Crippen molar-refractivity contribution < 1.29 is 28.6 Å². The Labute approximate surface area is 426 Å². The molecule has 0 N–H and O–H groups in total. The summed E-state index contributed by atoms with van der Waals surface area (Å²) in [6.07, 6.45) is 75.4. The minimum Gasteiger partial charge on any atom is -0.462 e. The quantitative estimate of drug-likeness (QED) is 0.0262. The van der Waals surface area contributed by atoms with Gasteiger partial charge < -0.3 is 14.2 Å². The van der Waals surface area contributed by atoms with E-state index in [4.69, 9.17) is 14.2 Å². The Morgan fingerprint density at radius 2 is 0.565 bits per heavy atom. The Morgan fingerprint density at radius 3 is 0.899 bits per heavy atom. The number of rotatable bonds is 51. The van der Waals surface area contributed by atoms with Crippen LogP contribution in [0, 0.1) is 0 Å². The fraction of sp³-hybridized carbons (Fsp3) is 0.698. The van der Waals surface area contributed by atoms with Gasteiger partial charge >= 0.3 is 17.9 Å². The maximum atomic E-state index is 12.8. The molecule has 6 nitrogen and oxygen atoms in total. The van der Waals surface area contributed by atoms with Crippen molar-refractivity contribution >= 4 is 17.9 Å². The molecule has 6 heteroatoms. The van der Waals surface area contributed by atoms with Gasteiger partial charge in [0.25, 0.3) is 0 Å². The van der Waals surface area contributed by atoms with E-state index >= 15 is 0 Å². The number of unbranched alkanes of at least 4 members (excludes halogenated alkanes) is 24. The van der Waals surface area contributed by atoms with E-state index in [1.165, 1.54) is 96.3 Å². The van der Waals surface area contributed by atoms with Crippen molar-refractivity contribution in [1.29, 1.82) is 0 Å². The Hall–Kier alpha value is -3.67. The lowest BCUT2D eigenvalue weighted by molar-refractivity contribution is -0.167. The highest BCUT2D eigenvalue weighted by Crippen LogP contribution is 2.14. The number of ether oxygens (including phenoxy) is 3. The van der Waals surface area contributed by atoms with Crippen molar-refractivity contribution in [1.82, 2.24) is 0 Å². The Kier molecular flexibility index (Phi) is 53.9. The predicted octanol–water partition coefficient (Wildman–Crippen LogP) is 19.3. The summed E-state index contributed by atoms with van der Waals surface area (Å²) >= 11 is 0. The topological polar surface area (TPSA) is 78.9 Å². The molecule has 0 amide bonds. The zero-order valence-electron chi connectivity index (χ0n) is 45.0. The monoisotopic (exact) mass is 959 g/mol. The van der Waals surface area contributed by atoms with Gasteiger partial charge in [-0.3, -0.25) is 14.4 Å². The number of hydrogen-bond donors (Lipinski definition) is 0. The average Bonchev–Trinajstić information content (AvgIpc) is 3.35. The first-order valence-electron chi connectivity index (χ1n) is 28.7. The van der Waals surface area contributed by atoms with Crippen LogP contribution in [0.25, 0.3) is 0 Å². The molecule has 0 aromatic carbocycles. The van der Waals surface area contributed by atoms with E-state index < -0.39 is 6.10 Å². The standard InChI is InChI=1S/C63H106O6/c1-4-7-10-13-16-19-22-25-26-27-28-29-30-31-32-33-34-35-36-39-41-44-47-50-53-56-62(65)68-59-60(69-63(66)57-54-51-48-45-42-38-24-21-18-15-12-9-6-3)58-67-61(64)55-52-49-46-43-40-37-23-20-17-14-11-8-5-2/h7,10,16,19-21,23-26,28-29,31-32,34-35,60H,4-6,8-9,11-15,17-18,22,27,30,33,36-59H2,1-3H3/b10-7-,19-16-,23-20-,24-21-,26-25-,29-28-,32-31-,35-34-. The fourth-order valence-corrected chi connectivity index (χ4v) is 7.73. The van der Waals surface area contributed by atoms with Crippen LogP contribution in [0.5, 0.6) is 0 Å². The lowest BCUT2D eigenvalue weighted by Gasteiger charge is -2.18. The highest BCUT2D eigenvalue weighted by molar-refractivity contribution is 5.71. The first-order valence-corrected chi connectivity index (χ1v) is 28.7. The molecule has 69 heavy (non-hydrogen) atoms. The van der Waals surface area contributed by atoms with Gasteiger partial charge in [0.1, 0.15) is 13.2 Å². The van der Waals surface area contributed by atoms with Crippen molar-refractivity contribution in [3.8, 4) is 0 Å². The molecule has 0 rings (SSSR count). The normalized spacial score (nSPS) is 12.8. The van der Waals surface area contributed by atoms with E-state index in [1.807, 2.05) is 0 Å². The van der Waals surface area contributed by atoms with E-state index in [1.54, 1.807) is 0 Å². The second kappa shape index (κ2) is 56.9. The van der Waals surface area contributed by atoms with Gasteiger partial charge in [-0.2, -0.15) is 0 Å². The maximum absolute atomic E-state index is 12.8. The summed E-state index contributed by atoms with van der Waals surface area (Å²) in [6, 6.07) is 0. The number of esters is 3. The third-order valence-corrected chi connectivity index (χ3v) is 12.0. The highest BCUT2D eigenvalue weighted by Gasteiger charge is 2.19. The van der Waals surface area contributed by atoms with Gasteiger partial charge in [0, 0.05) is 19.3 Å². The predicted molar refractivity (Wildman–Crippen MR) is 297 cm³/mol. The minimum absolute atomic E-state index is 0.0900. The average molecular weight is 960 g/mol. The van der Waals surface area contributed by atoms with Crippen LogP contribution in [0.1, 0.15) is 265 Å². The molecule has 1 unspecified atom stereocenters. The van der Waals surface area contributed by atoms with Crippen molar-refractivity contribution in [2.45, 2.75) is 271 Å². The summed E-state index contributed by atoms with van der Waals surface area (Å²) in [6.45, 7) is 6.47. The van der Waals surface area contributed by atoms with Crippen molar-refractivity contribution in [3.63, 3.8) is 0 Å². The van der Waals surface area contributed by atoms with Crippen LogP contribution in [0.2, 0.25) is 0 Å². The second-order valence-electron chi connectivity index (χ2n) is 18.8. The highest BCUT2D eigenvalue weighted by atomic mass is 16.6. The van der Waals surface area contributed by atoms with Crippen LogP contribution in [-0.2, 0) is 28.6 Å². The maximum Gasteiger partial charge on any atom is 0.306 e. The molecule has 0 aromatic rings. The molecule has 1 atom stereocenters. The minimum atomic E-state index is -0.792. The molecule has 0 bridgehead atoms. The Bertz CT molecular complexity index is 1380. The SMILES string of the molecule is CC/C=C\C/C=C\C/C=C\C/C=C\C/C=C\C/C=C\CCCCCCCCC(=O)OCC(COC(=O)CCCCCCC/C=C\CCCCCC)OC(=O)CCCCCCC/C=C\CCCCCC. The lowest BCUT2D eigenvalue weighted by Crippen LogP contribution is -2.30. The van der Waals surface area contributed by atoms with Crippen molar-refractivity contribution in [3.05, 3.63) is 97.2 Å². The van der Waals surface area contributed by atoms with E-state index in [0.29, 0.717) is 19.3 Å². The van der Waals surface area contributed by atoms with Crippen molar-refractivity contribution in [2.24, 2.45) is 0 Å². The number of carbonyl (C=O) groups is 3. The molecule has 0 aliphatic heterocycles. The van der Waals surface area contributed by atoms with Crippen LogP contribution >= 0.6 is 0 Å². The number of allylic oxidation sites excluding steroid dienone is 16. The molecular weight excluding hydrogens is 853 g/mol. The summed E-state index contributed by atoms with van der Waals surface area (Å²) in [5, 5.41) is 0. The van der Waals surface area contributed by atoms with Gasteiger partial charge in [0.15, 0.2) is 6.10 Å². The molecule has 394 valence electrons. The molecule has 0 saturated carbocycles. The van der Waals surface area contributed by atoms with Crippen LogP contribution in [-0.4, -0.2) is 37.2 Å². The van der Waals surface area contributed by atoms with Gasteiger partial charge in [0.2, 0.25) is 0 Å².